The van der Waals surface area contributed by atoms with Crippen LogP contribution in [0, 0.1) is 0 Å². The van der Waals surface area contributed by atoms with E-state index < -0.39 is 19.9 Å². The van der Waals surface area contributed by atoms with E-state index in [2.05, 4.69) is 9.71 Å². The fourth-order valence-electron chi connectivity index (χ4n) is 2.13. The fourth-order valence-corrected chi connectivity index (χ4v) is 4.56. The molecule has 1 aliphatic heterocycles. The molecule has 114 valence electrons. The highest BCUT2D eigenvalue weighted by molar-refractivity contribution is 7.91. The Morgan fingerprint density at radius 2 is 1.77 bits per heavy atom. The predicted octanol–water partition coefficient (Wildman–Crippen LogP) is 1.80. The summed E-state index contributed by atoms with van der Waals surface area (Å²) in [4.78, 5) is -0.179. The van der Waals surface area contributed by atoms with Crippen molar-refractivity contribution in [2.24, 2.45) is 4.40 Å². The second-order valence-electron chi connectivity index (χ2n) is 4.76. The summed E-state index contributed by atoms with van der Waals surface area (Å²) in [7, 11) is -7.50. The average molecular weight is 336 g/mol. The maximum Gasteiger partial charge on any atom is 0.285 e. The molecule has 2 aromatic carbocycles. The molecular weight excluding hydrogens is 324 g/mol. The van der Waals surface area contributed by atoms with Crippen LogP contribution in [0.2, 0.25) is 0 Å². The van der Waals surface area contributed by atoms with E-state index in [1.165, 1.54) is 12.1 Å². The lowest BCUT2D eigenvalue weighted by Gasteiger charge is -2.13. The summed E-state index contributed by atoms with van der Waals surface area (Å²) in [5, 5.41) is 2.68. The van der Waals surface area contributed by atoms with Gasteiger partial charge in [-0.3, -0.25) is 0 Å². The molecule has 1 N–H and O–H groups in total. The molecule has 0 fully saturated rings. The van der Waals surface area contributed by atoms with Gasteiger partial charge in [-0.2, -0.15) is 8.42 Å². The van der Waals surface area contributed by atoms with Crippen LogP contribution in [0.3, 0.4) is 0 Å². The molecule has 0 spiro atoms. The van der Waals surface area contributed by atoms with Crippen LogP contribution in [0.1, 0.15) is 5.56 Å². The Kier molecular flexibility index (Phi) is 3.50. The van der Waals surface area contributed by atoms with Gasteiger partial charge in [-0.1, -0.05) is 30.3 Å². The summed E-state index contributed by atoms with van der Waals surface area (Å²) >= 11 is 0. The molecule has 0 radical (unpaired) electrons. The van der Waals surface area contributed by atoms with Crippen LogP contribution in [0.15, 0.2) is 62.7 Å². The molecule has 0 bridgehead atoms. The number of fused-ring (bicyclic) bond motifs is 1. The van der Waals surface area contributed by atoms with E-state index in [1.54, 1.807) is 30.3 Å². The summed E-state index contributed by atoms with van der Waals surface area (Å²) in [5.41, 5.74) is 0.952. The van der Waals surface area contributed by atoms with Gasteiger partial charge >= 0.3 is 0 Å². The zero-order valence-electron chi connectivity index (χ0n) is 11.3. The molecule has 2 aromatic rings. The zero-order chi connectivity index (χ0) is 15.8. The van der Waals surface area contributed by atoms with Crippen molar-refractivity contribution < 1.29 is 16.8 Å². The minimum Gasteiger partial charge on any atom is -0.345 e. The maximum atomic E-state index is 12.4. The highest BCUT2D eigenvalue weighted by Gasteiger charge is 2.24. The molecule has 0 aromatic heterocycles. The van der Waals surface area contributed by atoms with Gasteiger partial charge in [-0.05, 0) is 23.8 Å². The monoisotopic (exact) mass is 336 g/mol. The van der Waals surface area contributed by atoms with E-state index in [0.717, 1.165) is 12.4 Å². The first-order valence-corrected chi connectivity index (χ1v) is 9.44. The first-order valence-electron chi connectivity index (χ1n) is 6.35. The first-order chi connectivity index (χ1) is 10.4. The van der Waals surface area contributed by atoms with Crippen LogP contribution >= 0.6 is 0 Å². The van der Waals surface area contributed by atoms with Gasteiger partial charge in [0.05, 0.1) is 16.3 Å². The molecule has 0 unspecified atom stereocenters. The minimum atomic E-state index is -3.86. The van der Waals surface area contributed by atoms with Crippen LogP contribution in [0.5, 0.6) is 0 Å². The van der Waals surface area contributed by atoms with Gasteiger partial charge < -0.3 is 5.32 Å². The number of rotatable bonds is 3. The van der Waals surface area contributed by atoms with Crippen molar-refractivity contribution in [2.45, 2.75) is 15.5 Å². The molecule has 0 saturated heterocycles. The number of sulfonamides is 1. The van der Waals surface area contributed by atoms with Gasteiger partial charge in [0.15, 0.2) is 9.84 Å². The van der Waals surface area contributed by atoms with Gasteiger partial charge in [0.1, 0.15) is 11.2 Å². The van der Waals surface area contributed by atoms with Gasteiger partial charge in [0.2, 0.25) is 0 Å². The quantitative estimate of drug-likeness (QED) is 0.922. The summed E-state index contributed by atoms with van der Waals surface area (Å²) < 4.78 is 52.0. The Balaban J connectivity index is 2.03. The van der Waals surface area contributed by atoms with E-state index in [9.17, 15) is 16.8 Å². The van der Waals surface area contributed by atoms with Crippen LogP contribution < -0.4 is 5.32 Å². The molecule has 0 atom stereocenters. The lowest BCUT2D eigenvalue weighted by molar-refractivity contribution is 0.594. The molecule has 3 rings (SSSR count). The van der Waals surface area contributed by atoms with Crippen molar-refractivity contribution in [3.8, 4) is 0 Å². The van der Waals surface area contributed by atoms with Crippen molar-refractivity contribution in [3.63, 3.8) is 0 Å². The van der Waals surface area contributed by atoms with Gasteiger partial charge in [0, 0.05) is 0 Å². The highest BCUT2D eigenvalue weighted by Crippen LogP contribution is 2.29. The lowest BCUT2D eigenvalue weighted by atomic mass is 10.2. The Bertz CT molecular complexity index is 950. The molecule has 22 heavy (non-hydrogen) atoms. The normalized spacial score (nSPS) is 15.8. The molecular formula is C14H12N2O4S2. The van der Waals surface area contributed by atoms with Crippen LogP contribution in [0.25, 0.3) is 0 Å². The van der Waals surface area contributed by atoms with Crippen molar-refractivity contribution in [2.75, 3.05) is 5.32 Å². The number of hydrogen-bond donors (Lipinski definition) is 1. The number of sulfone groups is 1. The van der Waals surface area contributed by atoms with E-state index in [1.807, 2.05) is 0 Å². The second kappa shape index (κ2) is 5.22. The van der Waals surface area contributed by atoms with E-state index in [4.69, 9.17) is 0 Å². The van der Waals surface area contributed by atoms with Crippen molar-refractivity contribution in [1.82, 2.24) is 0 Å². The van der Waals surface area contributed by atoms with Gasteiger partial charge in [-0.25, -0.2) is 8.42 Å². The fraction of sp³-hybridized carbons (Fsp3) is 0.0714. The summed E-state index contributed by atoms with van der Waals surface area (Å²) in [5.74, 6) is -0.191. The summed E-state index contributed by atoms with van der Waals surface area (Å²) in [6.07, 6.45) is 1.07. The topological polar surface area (TPSA) is 92.7 Å². The Morgan fingerprint density at radius 1 is 1.05 bits per heavy atom. The van der Waals surface area contributed by atoms with E-state index in [-0.39, 0.29) is 15.5 Å². The van der Waals surface area contributed by atoms with Gasteiger partial charge in [-0.15, -0.1) is 4.40 Å². The molecule has 8 heteroatoms. The number of nitrogens with one attached hydrogen (secondary N) is 1. The average Bonchev–Trinajstić information content (AvgIpc) is 2.47. The van der Waals surface area contributed by atoms with Crippen LogP contribution in [-0.2, 0) is 25.6 Å². The largest absolute Gasteiger partial charge is 0.345 e. The van der Waals surface area contributed by atoms with E-state index in [0.29, 0.717) is 11.3 Å². The lowest BCUT2D eigenvalue weighted by Crippen LogP contribution is -2.13. The number of nitrogens with zero attached hydrogens (tertiary/aromatic N) is 1. The third kappa shape index (κ3) is 2.75. The van der Waals surface area contributed by atoms with Crippen LogP contribution in [-0.4, -0.2) is 23.2 Å². The third-order valence-corrected chi connectivity index (χ3v) is 6.16. The molecule has 1 heterocycles. The zero-order valence-corrected chi connectivity index (χ0v) is 12.9. The van der Waals surface area contributed by atoms with Crippen molar-refractivity contribution >= 4 is 31.9 Å². The Hall–Kier alpha value is -2.19. The van der Waals surface area contributed by atoms with Crippen LogP contribution in [0.4, 0.5) is 5.69 Å². The predicted molar refractivity (Wildman–Crippen MR) is 83.1 cm³/mol. The van der Waals surface area contributed by atoms with Gasteiger partial charge in [0.25, 0.3) is 10.0 Å². The smallest absolute Gasteiger partial charge is 0.285 e. The number of benzene rings is 2. The molecule has 0 aliphatic carbocycles. The summed E-state index contributed by atoms with van der Waals surface area (Å²) in [6, 6.07) is 12.7. The molecule has 1 aliphatic rings. The SMILES string of the molecule is O=S(=O)(Cc1ccccc1)c1ccc2c(c1)S(=O)(=O)N=CN2. The summed E-state index contributed by atoms with van der Waals surface area (Å²) in [6.45, 7) is 0. The Labute approximate surface area is 128 Å². The Morgan fingerprint density at radius 3 is 2.50 bits per heavy atom. The molecule has 0 amide bonds. The standard InChI is InChI=1S/C14H12N2O4S2/c17-21(18,9-11-4-2-1-3-5-11)12-6-7-13-14(8-12)22(19,20)16-10-15-13/h1-8,10H,9H2,(H,15,16). The van der Waals surface area contributed by atoms with Crippen molar-refractivity contribution in [1.29, 1.82) is 0 Å². The highest BCUT2D eigenvalue weighted by atomic mass is 32.2. The maximum absolute atomic E-state index is 12.4. The molecule has 0 saturated carbocycles. The second-order valence-corrected chi connectivity index (χ2v) is 8.35. The third-order valence-electron chi connectivity index (χ3n) is 3.20. The molecule has 6 nitrogen and oxygen atoms in total. The number of anilines is 1. The minimum absolute atomic E-state index is 0.0439. The number of hydrogen-bond acceptors (Lipinski definition) is 5. The van der Waals surface area contributed by atoms with E-state index >= 15 is 0 Å². The van der Waals surface area contributed by atoms with Crippen molar-refractivity contribution in [3.05, 3.63) is 54.1 Å². The first kappa shape index (κ1) is 14.7.